The second-order valence-corrected chi connectivity index (χ2v) is 4.86. The van der Waals surface area contributed by atoms with E-state index in [4.69, 9.17) is 4.74 Å². The lowest BCUT2D eigenvalue weighted by Gasteiger charge is -2.30. The van der Waals surface area contributed by atoms with E-state index in [0.29, 0.717) is 13.2 Å². The summed E-state index contributed by atoms with van der Waals surface area (Å²) >= 11 is 0. The third-order valence-corrected chi connectivity index (χ3v) is 3.09. The zero-order chi connectivity index (χ0) is 12.2. The van der Waals surface area contributed by atoms with Crippen LogP contribution >= 0.6 is 0 Å². The fourth-order valence-electron chi connectivity index (χ4n) is 2.10. The summed E-state index contributed by atoms with van der Waals surface area (Å²) in [6, 6.07) is 0. The average molecular weight is 227 g/mol. The molecule has 0 aromatic rings. The monoisotopic (exact) mass is 227 g/mol. The first-order valence-corrected chi connectivity index (χ1v) is 5.88. The Kier molecular flexibility index (Phi) is 4.47. The number of carbonyl (C=O) groups excluding carboxylic acids is 2. The molecule has 0 saturated carbocycles. The van der Waals surface area contributed by atoms with Gasteiger partial charge in [0, 0.05) is 5.54 Å². The molecular formula is C12H21NO3. The molecule has 0 aromatic heterocycles. The van der Waals surface area contributed by atoms with Crippen LogP contribution in [0.4, 0.5) is 0 Å². The van der Waals surface area contributed by atoms with Crippen molar-refractivity contribution in [1.29, 1.82) is 0 Å². The summed E-state index contributed by atoms with van der Waals surface area (Å²) in [4.78, 5) is 24.9. The first-order valence-electron chi connectivity index (χ1n) is 5.88. The van der Waals surface area contributed by atoms with Gasteiger partial charge in [-0.1, -0.05) is 0 Å². The van der Waals surface area contributed by atoms with Gasteiger partial charge in [0.05, 0.1) is 13.2 Å². The Morgan fingerprint density at radius 2 is 2.06 bits per heavy atom. The molecule has 1 heterocycles. The van der Waals surface area contributed by atoms with E-state index in [0.717, 1.165) is 19.4 Å². The first-order chi connectivity index (χ1) is 7.45. The lowest BCUT2D eigenvalue weighted by molar-refractivity contribution is -0.145. The molecule has 0 amide bonds. The standard InChI is InChI=1S/C12H21NO3/c1-4-16-11(15)8-10(14)9-13-7-5-6-12(13,2)3/h4-9H2,1-3H3. The minimum Gasteiger partial charge on any atom is -0.466 e. The molecule has 1 aliphatic heterocycles. The summed E-state index contributed by atoms with van der Waals surface area (Å²) in [5, 5.41) is 0. The van der Waals surface area contributed by atoms with E-state index in [1.807, 2.05) is 0 Å². The van der Waals surface area contributed by atoms with E-state index >= 15 is 0 Å². The predicted molar refractivity (Wildman–Crippen MR) is 61.1 cm³/mol. The van der Waals surface area contributed by atoms with Gasteiger partial charge in [0.1, 0.15) is 6.42 Å². The van der Waals surface area contributed by atoms with Gasteiger partial charge in [0.2, 0.25) is 0 Å². The van der Waals surface area contributed by atoms with E-state index in [-0.39, 0.29) is 17.7 Å². The van der Waals surface area contributed by atoms with Gasteiger partial charge in [0.25, 0.3) is 0 Å². The molecule has 4 heteroatoms. The molecule has 0 atom stereocenters. The van der Waals surface area contributed by atoms with Crippen molar-refractivity contribution < 1.29 is 14.3 Å². The molecule has 1 saturated heterocycles. The molecule has 1 aliphatic rings. The molecule has 1 rings (SSSR count). The van der Waals surface area contributed by atoms with E-state index in [9.17, 15) is 9.59 Å². The van der Waals surface area contributed by atoms with Gasteiger partial charge < -0.3 is 4.74 Å². The van der Waals surface area contributed by atoms with Gasteiger partial charge in [-0.25, -0.2) is 0 Å². The zero-order valence-corrected chi connectivity index (χ0v) is 10.4. The molecule has 0 bridgehead atoms. The topological polar surface area (TPSA) is 46.6 Å². The highest BCUT2D eigenvalue weighted by atomic mass is 16.5. The van der Waals surface area contributed by atoms with Crippen molar-refractivity contribution in [3.63, 3.8) is 0 Å². The van der Waals surface area contributed by atoms with Crippen LogP contribution in [0.3, 0.4) is 0 Å². The first kappa shape index (κ1) is 13.2. The maximum Gasteiger partial charge on any atom is 0.313 e. The minimum atomic E-state index is -0.412. The van der Waals surface area contributed by atoms with Crippen LogP contribution in [-0.4, -0.2) is 41.9 Å². The maximum absolute atomic E-state index is 11.6. The Hall–Kier alpha value is -0.900. The highest BCUT2D eigenvalue weighted by Gasteiger charge is 2.33. The quantitative estimate of drug-likeness (QED) is 0.526. The molecule has 16 heavy (non-hydrogen) atoms. The molecule has 92 valence electrons. The number of esters is 1. The predicted octanol–water partition coefficient (Wildman–Crippen LogP) is 1.38. The maximum atomic E-state index is 11.6. The van der Waals surface area contributed by atoms with Gasteiger partial charge >= 0.3 is 5.97 Å². The molecule has 0 N–H and O–H groups in total. The van der Waals surface area contributed by atoms with Crippen LogP contribution < -0.4 is 0 Å². The van der Waals surface area contributed by atoms with Crippen LogP contribution in [-0.2, 0) is 14.3 Å². The number of Topliss-reactive ketones (excluding diaryl/α,β-unsaturated/α-hetero) is 1. The molecule has 4 nitrogen and oxygen atoms in total. The molecule has 1 fully saturated rings. The average Bonchev–Trinajstić information content (AvgIpc) is 2.46. The normalized spacial score (nSPS) is 19.7. The van der Waals surface area contributed by atoms with Crippen LogP contribution in [0, 0.1) is 0 Å². The lowest BCUT2D eigenvalue weighted by atomic mass is 10.0. The molecule has 0 unspecified atom stereocenters. The number of rotatable bonds is 5. The fourth-order valence-corrected chi connectivity index (χ4v) is 2.10. The minimum absolute atomic E-state index is 0.0478. The van der Waals surface area contributed by atoms with Gasteiger partial charge in [-0.05, 0) is 40.2 Å². The highest BCUT2D eigenvalue weighted by Crippen LogP contribution is 2.27. The summed E-state index contributed by atoms with van der Waals surface area (Å²) in [5.41, 5.74) is 0.0876. The number of nitrogens with zero attached hydrogens (tertiary/aromatic N) is 1. The molecule has 0 aliphatic carbocycles. The van der Waals surface area contributed by atoms with Crippen molar-refractivity contribution in [3.05, 3.63) is 0 Å². The van der Waals surface area contributed by atoms with Crippen LogP contribution in [0.15, 0.2) is 0 Å². The van der Waals surface area contributed by atoms with Crippen molar-refractivity contribution in [2.75, 3.05) is 19.7 Å². The summed E-state index contributed by atoms with van der Waals surface area (Å²) in [6.07, 6.45) is 2.14. The van der Waals surface area contributed by atoms with E-state index in [1.165, 1.54) is 0 Å². The van der Waals surface area contributed by atoms with Gasteiger partial charge in [-0.15, -0.1) is 0 Å². The third kappa shape index (κ3) is 3.59. The summed E-state index contributed by atoms with van der Waals surface area (Å²) in [7, 11) is 0. The van der Waals surface area contributed by atoms with E-state index in [1.54, 1.807) is 6.92 Å². The van der Waals surface area contributed by atoms with Gasteiger partial charge in [0.15, 0.2) is 5.78 Å². The Bertz CT molecular complexity index is 273. The van der Waals surface area contributed by atoms with Crippen molar-refractivity contribution in [3.8, 4) is 0 Å². The Labute approximate surface area is 96.9 Å². The molecule has 0 spiro atoms. The Balaban J connectivity index is 2.37. The number of hydrogen-bond acceptors (Lipinski definition) is 4. The van der Waals surface area contributed by atoms with E-state index < -0.39 is 5.97 Å². The van der Waals surface area contributed by atoms with Crippen molar-refractivity contribution in [2.45, 2.75) is 45.6 Å². The SMILES string of the molecule is CCOC(=O)CC(=O)CN1CCCC1(C)C. The van der Waals surface area contributed by atoms with Gasteiger partial charge in [-0.3, -0.25) is 14.5 Å². The van der Waals surface area contributed by atoms with Gasteiger partial charge in [-0.2, -0.15) is 0 Å². The molecular weight excluding hydrogens is 206 g/mol. The second-order valence-electron chi connectivity index (χ2n) is 4.86. The molecule has 0 aromatic carbocycles. The molecule has 0 radical (unpaired) electrons. The largest absolute Gasteiger partial charge is 0.466 e. The summed E-state index contributed by atoms with van der Waals surface area (Å²) in [6.45, 7) is 7.66. The third-order valence-electron chi connectivity index (χ3n) is 3.09. The zero-order valence-electron chi connectivity index (χ0n) is 10.4. The summed E-state index contributed by atoms with van der Waals surface area (Å²) in [5.74, 6) is -0.460. The fraction of sp³-hybridized carbons (Fsp3) is 0.833. The Morgan fingerprint density at radius 1 is 1.38 bits per heavy atom. The Morgan fingerprint density at radius 3 is 2.56 bits per heavy atom. The highest BCUT2D eigenvalue weighted by molar-refractivity contribution is 5.96. The number of likely N-dealkylation sites (tertiary alicyclic amines) is 1. The van der Waals surface area contributed by atoms with Crippen LogP contribution in [0.2, 0.25) is 0 Å². The number of ether oxygens (including phenoxy) is 1. The van der Waals surface area contributed by atoms with Crippen molar-refractivity contribution in [1.82, 2.24) is 4.90 Å². The number of hydrogen-bond donors (Lipinski definition) is 0. The second kappa shape index (κ2) is 5.43. The number of carbonyl (C=O) groups is 2. The van der Waals surface area contributed by atoms with E-state index in [2.05, 4.69) is 18.7 Å². The van der Waals surface area contributed by atoms with Crippen molar-refractivity contribution >= 4 is 11.8 Å². The van der Waals surface area contributed by atoms with Crippen molar-refractivity contribution in [2.24, 2.45) is 0 Å². The summed E-state index contributed by atoms with van der Waals surface area (Å²) < 4.78 is 4.75. The number of ketones is 1. The van der Waals surface area contributed by atoms with Crippen LogP contribution in [0.1, 0.15) is 40.0 Å². The van der Waals surface area contributed by atoms with Crippen LogP contribution in [0.25, 0.3) is 0 Å². The smallest absolute Gasteiger partial charge is 0.313 e. The van der Waals surface area contributed by atoms with Crippen LogP contribution in [0.5, 0.6) is 0 Å². The lowest BCUT2D eigenvalue weighted by Crippen LogP contribution is -2.41.